The second-order valence-corrected chi connectivity index (χ2v) is 9.38. The lowest BCUT2D eigenvalue weighted by molar-refractivity contribution is -0.138. The van der Waals surface area contributed by atoms with Gasteiger partial charge in [0.05, 0.1) is 29.1 Å². The number of nitrogens with one attached hydrogen (secondary N) is 2. The quantitative estimate of drug-likeness (QED) is 0.242. The van der Waals surface area contributed by atoms with Gasteiger partial charge in [0.25, 0.3) is 5.91 Å². The normalized spacial score (nSPS) is 13.0. The van der Waals surface area contributed by atoms with Gasteiger partial charge in [-0.3, -0.25) is 19.3 Å². The number of rotatable bonds is 9. The second kappa shape index (κ2) is 12.5. The van der Waals surface area contributed by atoms with Gasteiger partial charge in [0.15, 0.2) is 0 Å². The first-order valence-corrected chi connectivity index (χ1v) is 12.7. The number of alkyl halides is 3. The van der Waals surface area contributed by atoms with Crippen LogP contribution in [0.1, 0.15) is 52.6 Å². The van der Waals surface area contributed by atoms with Crippen molar-refractivity contribution in [2.75, 3.05) is 7.05 Å². The van der Waals surface area contributed by atoms with E-state index in [1.54, 1.807) is 19.1 Å². The van der Waals surface area contributed by atoms with E-state index in [9.17, 15) is 35.9 Å². The van der Waals surface area contributed by atoms with E-state index >= 15 is 0 Å². The van der Waals surface area contributed by atoms with E-state index < -0.39 is 53.1 Å². The van der Waals surface area contributed by atoms with E-state index in [0.717, 1.165) is 29.1 Å². The smallest absolute Gasteiger partial charge is 0.355 e. The summed E-state index contributed by atoms with van der Waals surface area (Å²) >= 11 is 0. The Morgan fingerprint density at radius 2 is 1.74 bits per heavy atom. The Hall–Kier alpha value is -4.68. The molecule has 0 bridgehead atoms. The van der Waals surface area contributed by atoms with E-state index in [1.807, 2.05) is 0 Å². The van der Waals surface area contributed by atoms with Crippen molar-refractivity contribution in [3.05, 3.63) is 107 Å². The molecule has 4 aromatic rings. The van der Waals surface area contributed by atoms with Crippen molar-refractivity contribution in [1.29, 1.82) is 0 Å². The Labute approximate surface area is 236 Å². The van der Waals surface area contributed by atoms with Crippen LogP contribution in [0.15, 0.2) is 67.1 Å². The standard InChI is InChI=1S/C29H25F6N5O2/c1-3-25(40-15-18(14-38-40)29(33,34)35)28(42)39-24(11-16-9-19(30)13-20(31)10-16)26-21(5-4-8-37-26)17-6-7-23(32)22(12-17)27(41)36-2/h4-10,12-15,24-25H,3,11H2,1-2H3,(H,36,41)(H,39,42)/t24-,25?/m0/s1. The number of benzene rings is 2. The maximum absolute atomic E-state index is 14.4. The Morgan fingerprint density at radius 3 is 2.36 bits per heavy atom. The lowest BCUT2D eigenvalue weighted by atomic mass is 9.94. The molecule has 0 aliphatic heterocycles. The topological polar surface area (TPSA) is 88.9 Å². The predicted molar refractivity (Wildman–Crippen MR) is 141 cm³/mol. The molecule has 0 aliphatic rings. The molecular formula is C29H25F6N5O2. The molecule has 0 saturated heterocycles. The van der Waals surface area contributed by atoms with Crippen LogP contribution < -0.4 is 10.6 Å². The molecule has 2 aromatic heterocycles. The molecule has 0 spiro atoms. The van der Waals surface area contributed by atoms with Crippen molar-refractivity contribution in [3.8, 4) is 11.1 Å². The lowest BCUT2D eigenvalue weighted by Gasteiger charge is -2.24. The largest absolute Gasteiger partial charge is 0.419 e. The summed E-state index contributed by atoms with van der Waals surface area (Å²) in [5, 5.41) is 8.82. The molecule has 2 amide bonds. The highest BCUT2D eigenvalue weighted by atomic mass is 19.4. The van der Waals surface area contributed by atoms with Crippen molar-refractivity contribution in [2.45, 2.75) is 38.0 Å². The van der Waals surface area contributed by atoms with E-state index in [1.165, 1.54) is 25.4 Å². The van der Waals surface area contributed by atoms with E-state index in [2.05, 4.69) is 20.7 Å². The maximum Gasteiger partial charge on any atom is 0.419 e. The summed E-state index contributed by atoms with van der Waals surface area (Å²) in [4.78, 5) is 30.1. The number of carbonyl (C=O) groups is 2. The third-order valence-corrected chi connectivity index (χ3v) is 6.53. The molecule has 220 valence electrons. The summed E-state index contributed by atoms with van der Waals surface area (Å²) in [7, 11) is 1.34. The van der Waals surface area contributed by atoms with Gasteiger partial charge in [0, 0.05) is 31.1 Å². The molecule has 4 rings (SSSR count). The summed E-state index contributed by atoms with van der Waals surface area (Å²) < 4.78 is 82.9. The highest BCUT2D eigenvalue weighted by Crippen LogP contribution is 2.32. The second-order valence-electron chi connectivity index (χ2n) is 9.38. The summed E-state index contributed by atoms with van der Waals surface area (Å²) in [6.45, 7) is 1.58. The Kier molecular flexibility index (Phi) is 8.98. The van der Waals surface area contributed by atoms with Gasteiger partial charge in [0.2, 0.25) is 5.91 Å². The minimum atomic E-state index is -4.66. The zero-order valence-corrected chi connectivity index (χ0v) is 22.3. The Morgan fingerprint density at radius 1 is 1.02 bits per heavy atom. The van der Waals surface area contributed by atoms with Crippen molar-refractivity contribution < 1.29 is 35.9 Å². The first-order chi connectivity index (χ1) is 19.9. The molecule has 42 heavy (non-hydrogen) atoms. The first-order valence-electron chi connectivity index (χ1n) is 12.7. The molecule has 2 aromatic carbocycles. The molecule has 0 fully saturated rings. The van der Waals surface area contributed by atoms with E-state index in [-0.39, 0.29) is 29.7 Å². The number of nitrogens with zero attached hydrogens (tertiary/aromatic N) is 3. The molecule has 13 heteroatoms. The van der Waals surface area contributed by atoms with Gasteiger partial charge in [-0.2, -0.15) is 18.3 Å². The number of hydrogen-bond acceptors (Lipinski definition) is 4. The Balaban J connectivity index is 1.77. The zero-order chi connectivity index (χ0) is 30.6. The molecule has 0 saturated carbocycles. The maximum atomic E-state index is 14.4. The first kappa shape index (κ1) is 30.3. The van der Waals surface area contributed by atoms with Crippen LogP contribution in [0.3, 0.4) is 0 Å². The SMILES string of the molecule is CCC(C(=O)N[C@@H](Cc1cc(F)cc(F)c1)c1ncccc1-c1ccc(F)c(C(=O)NC)c1)n1cc(C(F)(F)F)cn1. The van der Waals surface area contributed by atoms with Gasteiger partial charge in [-0.05, 0) is 54.3 Å². The number of amides is 2. The number of pyridine rings is 1. The molecule has 2 heterocycles. The van der Waals surface area contributed by atoms with Crippen LogP contribution in [0.2, 0.25) is 0 Å². The molecule has 1 unspecified atom stereocenters. The van der Waals surface area contributed by atoms with Gasteiger partial charge in [-0.25, -0.2) is 13.2 Å². The average molecular weight is 590 g/mol. The number of carbonyl (C=O) groups excluding carboxylic acids is 2. The average Bonchev–Trinajstić information content (AvgIpc) is 3.43. The fourth-order valence-electron chi connectivity index (χ4n) is 4.54. The van der Waals surface area contributed by atoms with Gasteiger partial charge >= 0.3 is 6.18 Å². The van der Waals surface area contributed by atoms with Crippen LogP contribution in [0.4, 0.5) is 26.3 Å². The van der Waals surface area contributed by atoms with Crippen LogP contribution in [-0.2, 0) is 17.4 Å². The van der Waals surface area contributed by atoms with Crippen LogP contribution in [-0.4, -0.2) is 33.6 Å². The van der Waals surface area contributed by atoms with Crippen molar-refractivity contribution in [2.24, 2.45) is 0 Å². The summed E-state index contributed by atoms with van der Waals surface area (Å²) in [5.41, 5.74) is -0.186. The number of halogens is 6. The highest BCUT2D eigenvalue weighted by molar-refractivity contribution is 5.95. The number of hydrogen-bond donors (Lipinski definition) is 2. The van der Waals surface area contributed by atoms with Crippen LogP contribution in [0.25, 0.3) is 11.1 Å². The summed E-state index contributed by atoms with van der Waals surface area (Å²) in [5.74, 6) is -3.88. The molecule has 7 nitrogen and oxygen atoms in total. The lowest BCUT2D eigenvalue weighted by Crippen LogP contribution is -2.37. The van der Waals surface area contributed by atoms with E-state index in [4.69, 9.17) is 0 Å². The predicted octanol–water partition coefficient (Wildman–Crippen LogP) is 5.79. The summed E-state index contributed by atoms with van der Waals surface area (Å²) in [6.07, 6.45) is -2.03. The minimum Gasteiger partial charge on any atom is -0.355 e. The molecule has 2 atom stereocenters. The minimum absolute atomic E-state index is 0.0641. The number of aromatic nitrogens is 3. The fourth-order valence-corrected chi connectivity index (χ4v) is 4.54. The highest BCUT2D eigenvalue weighted by Gasteiger charge is 2.34. The fraction of sp³-hybridized carbons (Fsp3) is 0.241. The zero-order valence-electron chi connectivity index (χ0n) is 22.3. The third kappa shape index (κ3) is 6.78. The monoisotopic (exact) mass is 589 g/mol. The van der Waals surface area contributed by atoms with Crippen LogP contribution >= 0.6 is 0 Å². The summed E-state index contributed by atoms with van der Waals surface area (Å²) in [6, 6.07) is 7.59. The van der Waals surface area contributed by atoms with Gasteiger partial charge < -0.3 is 10.6 Å². The third-order valence-electron chi connectivity index (χ3n) is 6.53. The van der Waals surface area contributed by atoms with Crippen molar-refractivity contribution in [3.63, 3.8) is 0 Å². The van der Waals surface area contributed by atoms with Gasteiger partial charge in [-0.15, -0.1) is 0 Å². The van der Waals surface area contributed by atoms with Gasteiger partial charge in [0.1, 0.15) is 23.5 Å². The van der Waals surface area contributed by atoms with Crippen LogP contribution in [0, 0.1) is 17.5 Å². The Bertz CT molecular complexity index is 1580. The molecule has 2 N–H and O–H groups in total. The molecular weight excluding hydrogens is 564 g/mol. The van der Waals surface area contributed by atoms with E-state index in [0.29, 0.717) is 23.4 Å². The van der Waals surface area contributed by atoms with Gasteiger partial charge in [-0.1, -0.05) is 19.1 Å². The molecule has 0 aliphatic carbocycles. The molecule has 0 radical (unpaired) electrons. The van der Waals surface area contributed by atoms with Crippen LogP contribution in [0.5, 0.6) is 0 Å². The van der Waals surface area contributed by atoms with Crippen molar-refractivity contribution >= 4 is 11.8 Å². The van der Waals surface area contributed by atoms with Crippen molar-refractivity contribution in [1.82, 2.24) is 25.4 Å².